The molecule has 0 N–H and O–H groups in total. The molecule has 6 nitrogen and oxygen atoms in total. The first-order valence-electron chi connectivity index (χ1n) is 1.37. The summed E-state index contributed by atoms with van der Waals surface area (Å²) in [6.45, 7) is 0. The molecular weight excluding hydrogens is 642 g/mol. The molecule has 0 aromatic carbocycles. The van der Waals surface area contributed by atoms with Crippen LogP contribution in [0.3, 0.4) is 0 Å². The van der Waals surface area contributed by atoms with Gasteiger partial charge in [0.2, 0.25) is 0 Å². The summed E-state index contributed by atoms with van der Waals surface area (Å²) in [5.41, 5.74) is 0. The minimum absolute atomic E-state index is 0.1000. The summed E-state index contributed by atoms with van der Waals surface area (Å²) in [5.74, 6) is 0. The molecule has 0 amide bonds. The van der Waals surface area contributed by atoms with Gasteiger partial charge in [0, 0.05) is 0 Å². The van der Waals surface area contributed by atoms with Crippen molar-refractivity contribution in [2.45, 2.75) is 0 Å². The predicted octanol–water partition coefficient (Wildman–Crippen LogP) is -1.86. The van der Waals surface area contributed by atoms with Gasteiger partial charge in [-0.05, 0) is 0 Å². The Kier molecular flexibility index (Phi) is 90.2. The van der Waals surface area contributed by atoms with Crippen LogP contribution in [0.5, 0.6) is 0 Å². The molecule has 0 rings (SSSR count). The van der Waals surface area contributed by atoms with Crippen molar-refractivity contribution in [2.75, 3.05) is 0 Å². The van der Waals surface area contributed by atoms with Crippen LogP contribution < -0.4 is 0 Å². The zero-order valence-corrected chi connectivity index (χ0v) is 20.3. The number of hydrogen-bond acceptors (Lipinski definition) is 6. The molecule has 0 unspecified atom stereocenters. The van der Waals surface area contributed by atoms with Crippen molar-refractivity contribution in [3.63, 3.8) is 0 Å². The van der Waals surface area contributed by atoms with Crippen LogP contribution in [0, 0.1) is 0 Å². The third-order valence-electron chi connectivity index (χ3n) is 0. The second-order valence-electron chi connectivity index (χ2n) is 0.204. The Bertz CT molecular complexity index is 113. The van der Waals surface area contributed by atoms with E-state index in [1.807, 2.05) is 0 Å². The second-order valence-corrected chi connectivity index (χ2v) is 1.67. The molecule has 0 aliphatic carbocycles. The number of rotatable bonds is 0. The van der Waals surface area contributed by atoms with Gasteiger partial charge < -0.3 is 0 Å². The van der Waals surface area contributed by atoms with Crippen LogP contribution in [0.1, 0.15) is 0 Å². The summed E-state index contributed by atoms with van der Waals surface area (Å²) in [5, 5.41) is 0. The Morgan fingerprint density at radius 1 is 0.800 bits per heavy atom. The Hall–Kier alpha value is 4.11. The van der Waals surface area contributed by atoms with Crippen LogP contribution in [-0.2, 0) is 27.9 Å². The molecule has 0 aliphatic rings. The first kappa shape index (κ1) is 23.7. The van der Waals surface area contributed by atoms with Gasteiger partial charge >= 0.3 is 165 Å². The van der Waals surface area contributed by atoms with E-state index in [2.05, 4.69) is 0 Å². The van der Waals surface area contributed by atoms with E-state index < -0.39 is 17.2 Å². The van der Waals surface area contributed by atoms with E-state index in [9.17, 15) is 0 Å². The average Bonchev–Trinajstić information content (AvgIpc) is 1.98. The maximum atomic E-state index is 8.61. The molecule has 0 aliphatic heterocycles. The van der Waals surface area contributed by atoms with Crippen LogP contribution >= 0.6 is 0 Å². The SMILES string of the molecule is [O]=[Ba].[O]=[Ba].[O]=[Sr].[O]=[W](=[O])=[O]. The first-order chi connectivity index (χ1) is 4.73. The molecule has 0 aromatic heterocycles. The summed E-state index contributed by atoms with van der Waals surface area (Å²) in [6.07, 6.45) is 0. The normalized spacial score (nSPS) is 4.20. The van der Waals surface area contributed by atoms with E-state index in [0.717, 1.165) is 0 Å². The zero-order valence-electron chi connectivity index (χ0n) is 4.98. The molecule has 10 heavy (non-hydrogen) atoms. The van der Waals surface area contributed by atoms with E-state index in [4.69, 9.17) is 10.7 Å². The third-order valence-corrected chi connectivity index (χ3v) is 0. The fourth-order valence-corrected chi connectivity index (χ4v) is 0. The van der Waals surface area contributed by atoms with E-state index in [1.54, 1.807) is 0 Å². The molecule has 0 spiro atoms. The molecule has 0 heterocycles. The van der Waals surface area contributed by atoms with Crippen molar-refractivity contribution in [2.24, 2.45) is 0 Å². The molecule has 10 heteroatoms. The second kappa shape index (κ2) is 38.0. The third kappa shape index (κ3) is 88.5. The van der Waals surface area contributed by atoms with Gasteiger partial charge in [-0.25, -0.2) is 0 Å². The average molecular weight is 642 g/mol. The van der Waals surface area contributed by atoms with Crippen molar-refractivity contribution < 1.29 is 27.9 Å². The molecule has 0 saturated carbocycles. The van der Waals surface area contributed by atoms with Gasteiger partial charge in [0.25, 0.3) is 0 Å². The topological polar surface area (TPSA) is 102 Å². The van der Waals surface area contributed by atoms with E-state index in [0.29, 0.717) is 0 Å². The van der Waals surface area contributed by atoms with Gasteiger partial charge in [-0.2, -0.15) is 0 Å². The molecule has 0 radical (unpaired) electrons. The Morgan fingerprint density at radius 2 is 0.800 bits per heavy atom. The zero-order chi connectivity index (χ0) is 9.58. The monoisotopic (exact) mass is 644 g/mol. The standard InChI is InChI=1S/2Ba.6O.Sr.W. The van der Waals surface area contributed by atoms with Gasteiger partial charge in [0.1, 0.15) is 0 Å². The van der Waals surface area contributed by atoms with Crippen LogP contribution in [-0.4, -0.2) is 137 Å². The summed E-state index contributed by atoms with van der Waals surface area (Å²) in [4.78, 5) is 0. The van der Waals surface area contributed by atoms with E-state index in [1.165, 1.54) is 0 Å². The summed E-state index contributed by atoms with van der Waals surface area (Å²) in [6, 6.07) is 0. The first-order valence-corrected chi connectivity index (χ1v) is 10.0. The van der Waals surface area contributed by atoms with Gasteiger partial charge in [0.15, 0.2) is 0 Å². The Morgan fingerprint density at radius 3 is 0.800 bits per heavy atom. The molecular formula is Ba2O6SrW. The van der Waals surface area contributed by atoms with Crippen molar-refractivity contribution in [3.8, 4) is 0 Å². The van der Waals surface area contributed by atoms with Gasteiger partial charge in [-0.3, -0.25) is 0 Å². The molecule has 0 fully saturated rings. The van der Waals surface area contributed by atoms with Crippen LogP contribution in [0.2, 0.25) is 0 Å². The van der Waals surface area contributed by atoms with Gasteiger partial charge in [-0.15, -0.1) is 0 Å². The fraction of sp³-hybridized carbons (Fsp3) is 0. The molecule has 0 saturated heterocycles. The minimum atomic E-state index is -4.28. The summed E-state index contributed by atoms with van der Waals surface area (Å²) < 4.78 is 51.1. The predicted molar refractivity (Wildman–Crippen MR) is 21.4 cm³/mol. The maximum absolute atomic E-state index is 8.61. The molecule has 0 atom stereocenters. The van der Waals surface area contributed by atoms with Gasteiger partial charge in [0.05, 0.1) is 0 Å². The van der Waals surface area contributed by atoms with E-state index in [-0.39, 0.29) is 137 Å². The summed E-state index contributed by atoms with van der Waals surface area (Å²) in [7, 11) is 0. The quantitative estimate of drug-likeness (QED) is 0.288. The van der Waals surface area contributed by atoms with Crippen molar-refractivity contribution in [3.05, 3.63) is 0 Å². The van der Waals surface area contributed by atoms with Gasteiger partial charge in [-0.1, -0.05) is 0 Å². The van der Waals surface area contributed by atoms with Crippen LogP contribution in [0.4, 0.5) is 0 Å². The Labute approximate surface area is 159 Å². The fourth-order valence-electron chi connectivity index (χ4n) is 0. The van der Waals surface area contributed by atoms with Crippen molar-refractivity contribution >= 4 is 137 Å². The molecule has 0 aromatic rings. The molecule has 48 valence electrons. The van der Waals surface area contributed by atoms with Crippen LogP contribution in [0.25, 0.3) is 0 Å². The van der Waals surface area contributed by atoms with Crippen LogP contribution in [0.15, 0.2) is 0 Å². The number of hydrogen-bond donors (Lipinski definition) is 0. The summed E-state index contributed by atoms with van der Waals surface area (Å²) >= 11 is -4.82. The van der Waals surface area contributed by atoms with Crippen molar-refractivity contribution in [1.29, 1.82) is 0 Å². The Balaban J connectivity index is -0.0000000262. The molecule has 0 bridgehead atoms. The van der Waals surface area contributed by atoms with E-state index >= 15 is 0 Å². The van der Waals surface area contributed by atoms with Crippen molar-refractivity contribution in [1.82, 2.24) is 0 Å².